The lowest BCUT2D eigenvalue weighted by atomic mass is 9.89. The summed E-state index contributed by atoms with van der Waals surface area (Å²) in [6.07, 6.45) is 6.90. The van der Waals surface area contributed by atoms with Crippen molar-refractivity contribution in [3.05, 3.63) is 100 Å². The van der Waals surface area contributed by atoms with E-state index in [1.165, 1.54) is 18.0 Å². The molecule has 0 saturated carbocycles. The van der Waals surface area contributed by atoms with Gasteiger partial charge in [0.1, 0.15) is 17.4 Å². The van der Waals surface area contributed by atoms with Gasteiger partial charge in [-0.25, -0.2) is 8.78 Å². The van der Waals surface area contributed by atoms with Crippen molar-refractivity contribution < 1.29 is 23.5 Å². The number of amides is 1. The van der Waals surface area contributed by atoms with Gasteiger partial charge >= 0.3 is 0 Å². The summed E-state index contributed by atoms with van der Waals surface area (Å²) in [5, 5.41) is 11.2. The molecule has 1 aromatic heterocycles. The quantitative estimate of drug-likeness (QED) is 0.354. The minimum absolute atomic E-state index is 0.175. The van der Waals surface area contributed by atoms with Crippen molar-refractivity contribution in [1.82, 2.24) is 4.98 Å². The first-order valence-electron chi connectivity index (χ1n) is 10.7. The molecule has 2 aliphatic rings. The molecule has 0 bridgehead atoms. The second-order valence-electron chi connectivity index (χ2n) is 8.24. The average molecular weight is 446 g/mol. The van der Waals surface area contributed by atoms with Crippen molar-refractivity contribution in [1.29, 1.82) is 0 Å². The van der Waals surface area contributed by atoms with Gasteiger partial charge in [-0.2, -0.15) is 0 Å². The van der Waals surface area contributed by atoms with Crippen LogP contribution in [-0.2, 0) is 22.4 Å². The summed E-state index contributed by atoms with van der Waals surface area (Å²) in [6, 6.07) is 10.2. The Bertz CT molecular complexity index is 1300. The molecule has 1 atom stereocenters. The van der Waals surface area contributed by atoms with E-state index in [9.17, 15) is 23.5 Å². The number of aryl methyl sites for hydroxylation is 2. The van der Waals surface area contributed by atoms with Crippen molar-refractivity contribution in [3.63, 3.8) is 0 Å². The van der Waals surface area contributed by atoms with E-state index in [1.807, 2.05) is 12.1 Å². The van der Waals surface area contributed by atoms with Crippen molar-refractivity contribution in [2.24, 2.45) is 0 Å². The Morgan fingerprint density at radius 3 is 2.42 bits per heavy atom. The van der Waals surface area contributed by atoms with Crippen LogP contribution in [0.3, 0.4) is 0 Å². The zero-order chi connectivity index (χ0) is 23.1. The fourth-order valence-corrected chi connectivity index (χ4v) is 4.65. The maximum absolute atomic E-state index is 14.7. The molecular formula is C26H20F2N2O3. The summed E-state index contributed by atoms with van der Waals surface area (Å²) >= 11 is 0. The molecular weight excluding hydrogens is 426 g/mol. The molecule has 2 heterocycles. The molecule has 3 aromatic rings. The van der Waals surface area contributed by atoms with E-state index in [-0.39, 0.29) is 17.0 Å². The highest BCUT2D eigenvalue weighted by Gasteiger charge is 2.47. The summed E-state index contributed by atoms with van der Waals surface area (Å²) in [5.74, 6) is -3.96. The summed E-state index contributed by atoms with van der Waals surface area (Å²) < 4.78 is 28.7. The molecule has 1 fully saturated rings. The predicted molar refractivity (Wildman–Crippen MR) is 118 cm³/mol. The van der Waals surface area contributed by atoms with Crippen molar-refractivity contribution in [2.75, 3.05) is 4.90 Å². The highest BCUT2D eigenvalue weighted by atomic mass is 19.1. The number of anilines is 1. The first-order valence-corrected chi connectivity index (χ1v) is 10.7. The van der Waals surface area contributed by atoms with Crippen LogP contribution < -0.4 is 4.90 Å². The number of ketones is 1. The normalized spacial score (nSPS) is 19.6. The number of halogens is 2. The minimum Gasteiger partial charge on any atom is -0.507 e. The molecule has 1 N–H and O–H groups in total. The third kappa shape index (κ3) is 3.59. The van der Waals surface area contributed by atoms with Crippen LogP contribution in [0.1, 0.15) is 41.1 Å². The van der Waals surface area contributed by atoms with Crippen molar-refractivity contribution in [2.45, 2.75) is 31.7 Å². The van der Waals surface area contributed by atoms with E-state index in [0.29, 0.717) is 11.1 Å². The Morgan fingerprint density at radius 2 is 1.67 bits per heavy atom. The third-order valence-electron chi connectivity index (χ3n) is 6.26. The number of fused-ring (bicyclic) bond motifs is 1. The molecule has 1 saturated heterocycles. The summed E-state index contributed by atoms with van der Waals surface area (Å²) in [4.78, 5) is 31.1. The number of hydrogen-bond acceptors (Lipinski definition) is 4. The second-order valence-corrected chi connectivity index (χ2v) is 8.24. The Balaban J connectivity index is 1.71. The predicted octanol–water partition coefficient (Wildman–Crippen LogP) is 4.86. The van der Waals surface area contributed by atoms with Crippen LogP contribution in [0.15, 0.2) is 66.5 Å². The Kier molecular flexibility index (Phi) is 5.24. The zero-order valence-electron chi connectivity index (χ0n) is 17.6. The molecule has 166 valence electrons. The third-order valence-corrected chi connectivity index (χ3v) is 6.26. The Labute approximate surface area is 189 Å². The average Bonchev–Trinajstić information content (AvgIpc) is 3.10. The number of aromatic nitrogens is 1. The van der Waals surface area contributed by atoms with Gasteiger partial charge in [-0.1, -0.05) is 12.1 Å². The number of carbonyl (C=O) groups is 2. The van der Waals surface area contributed by atoms with Gasteiger partial charge < -0.3 is 5.11 Å². The standard InChI is InChI=1S/C26H20F2N2O3/c27-19-7-8-20(28)21(14-19)30-23(16-9-11-29-12-10-16)22(25(32)26(30)33)24(31)18-6-5-15-3-1-2-4-17(15)13-18/h5-14,23,31H,1-4H2/b24-22-. The number of benzene rings is 2. The molecule has 1 aliphatic carbocycles. The van der Waals surface area contributed by atoms with Crippen LogP contribution in [-0.4, -0.2) is 21.8 Å². The zero-order valence-corrected chi connectivity index (χ0v) is 17.6. The van der Waals surface area contributed by atoms with Gasteiger partial charge in [-0.05, 0) is 72.7 Å². The van der Waals surface area contributed by atoms with Gasteiger partial charge in [0.15, 0.2) is 0 Å². The molecule has 7 heteroatoms. The summed E-state index contributed by atoms with van der Waals surface area (Å²) in [5.41, 5.74) is 2.59. The molecule has 33 heavy (non-hydrogen) atoms. The first kappa shape index (κ1) is 21.0. The smallest absolute Gasteiger partial charge is 0.300 e. The maximum Gasteiger partial charge on any atom is 0.300 e. The molecule has 1 unspecified atom stereocenters. The molecule has 1 amide bonds. The van der Waals surface area contributed by atoms with Crippen LogP contribution in [0.5, 0.6) is 0 Å². The van der Waals surface area contributed by atoms with Gasteiger partial charge in [-0.3, -0.25) is 19.5 Å². The second kappa shape index (κ2) is 8.24. The number of pyridine rings is 1. The molecule has 5 rings (SSSR count). The van der Waals surface area contributed by atoms with Crippen LogP contribution >= 0.6 is 0 Å². The van der Waals surface area contributed by atoms with E-state index in [1.54, 1.807) is 18.2 Å². The molecule has 2 aromatic carbocycles. The Hall–Kier alpha value is -3.87. The van der Waals surface area contributed by atoms with Crippen molar-refractivity contribution >= 4 is 23.1 Å². The largest absolute Gasteiger partial charge is 0.507 e. The van der Waals surface area contributed by atoms with Gasteiger partial charge in [0.25, 0.3) is 11.7 Å². The van der Waals surface area contributed by atoms with E-state index in [4.69, 9.17) is 0 Å². The summed E-state index contributed by atoms with van der Waals surface area (Å²) in [7, 11) is 0. The number of Topliss-reactive ketones (excluding diaryl/α,β-unsaturated/α-hetero) is 1. The topological polar surface area (TPSA) is 70.5 Å². The van der Waals surface area contributed by atoms with Crippen LogP contribution in [0.2, 0.25) is 0 Å². The molecule has 0 radical (unpaired) electrons. The fourth-order valence-electron chi connectivity index (χ4n) is 4.65. The van der Waals surface area contributed by atoms with E-state index >= 15 is 0 Å². The van der Waals surface area contributed by atoms with Gasteiger partial charge in [0.05, 0.1) is 17.3 Å². The monoisotopic (exact) mass is 446 g/mol. The van der Waals surface area contributed by atoms with Crippen LogP contribution in [0.4, 0.5) is 14.5 Å². The van der Waals surface area contributed by atoms with E-state index < -0.39 is 29.4 Å². The minimum atomic E-state index is -1.14. The number of hydrogen-bond donors (Lipinski definition) is 1. The lowest BCUT2D eigenvalue weighted by molar-refractivity contribution is -0.132. The Morgan fingerprint density at radius 1 is 0.939 bits per heavy atom. The van der Waals surface area contributed by atoms with Gasteiger partial charge in [-0.15, -0.1) is 0 Å². The fraction of sp³-hybridized carbons (Fsp3) is 0.192. The number of aliphatic hydroxyl groups excluding tert-OH is 1. The lowest BCUT2D eigenvalue weighted by Gasteiger charge is -2.25. The van der Waals surface area contributed by atoms with Crippen LogP contribution in [0, 0.1) is 11.6 Å². The highest BCUT2D eigenvalue weighted by Crippen LogP contribution is 2.43. The molecule has 5 nitrogen and oxygen atoms in total. The lowest BCUT2D eigenvalue weighted by Crippen LogP contribution is -2.30. The number of carbonyl (C=O) groups excluding carboxylic acids is 2. The van der Waals surface area contributed by atoms with Gasteiger partial charge in [0, 0.05) is 24.0 Å². The SMILES string of the molecule is O=C1C(=O)N(c2cc(F)ccc2F)C(c2ccncc2)/C1=C(/O)c1ccc2c(c1)CCCC2. The summed E-state index contributed by atoms with van der Waals surface area (Å²) in [6.45, 7) is 0. The van der Waals surface area contributed by atoms with E-state index in [2.05, 4.69) is 4.98 Å². The van der Waals surface area contributed by atoms with Crippen LogP contribution in [0.25, 0.3) is 5.76 Å². The molecule has 0 spiro atoms. The van der Waals surface area contributed by atoms with Crippen molar-refractivity contribution in [3.8, 4) is 0 Å². The maximum atomic E-state index is 14.7. The first-order chi connectivity index (χ1) is 16.0. The number of rotatable bonds is 3. The molecule has 1 aliphatic heterocycles. The number of nitrogens with zero attached hydrogens (tertiary/aromatic N) is 2. The van der Waals surface area contributed by atoms with Gasteiger partial charge in [0.2, 0.25) is 0 Å². The van der Waals surface area contributed by atoms with E-state index in [0.717, 1.165) is 54.3 Å². The highest BCUT2D eigenvalue weighted by molar-refractivity contribution is 6.51. The number of aliphatic hydroxyl groups is 1.